The summed E-state index contributed by atoms with van der Waals surface area (Å²) in [6, 6.07) is 5.91. The van der Waals surface area contributed by atoms with Gasteiger partial charge in [-0.3, -0.25) is 4.79 Å². The van der Waals surface area contributed by atoms with Gasteiger partial charge in [-0.05, 0) is 31.2 Å². The van der Waals surface area contributed by atoms with Crippen LogP contribution in [0.4, 0.5) is 0 Å². The zero-order chi connectivity index (χ0) is 17.9. The van der Waals surface area contributed by atoms with Crippen LogP contribution in [0.2, 0.25) is 0 Å². The predicted molar refractivity (Wildman–Crippen MR) is 98.8 cm³/mol. The van der Waals surface area contributed by atoms with E-state index in [1.54, 1.807) is 23.9 Å². The Kier molecular flexibility index (Phi) is 4.79. The van der Waals surface area contributed by atoms with E-state index < -0.39 is 0 Å². The van der Waals surface area contributed by atoms with Gasteiger partial charge in [0.2, 0.25) is 5.91 Å². The quantitative estimate of drug-likeness (QED) is 0.705. The molecule has 1 saturated heterocycles. The van der Waals surface area contributed by atoms with Crippen molar-refractivity contribution in [3.63, 3.8) is 0 Å². The molecule has 1 aliphatic rings. The highest BCUT2D eigenvalue weighted by Crippen LogP contribution is 2.33. The number of rotatable bonds is 4. The van der Waals surface area contributed by atoms with Gasteiger partial charge in [0.15, 0.2) is 5.76 Å². The van der Waals surface area contributed by atoms with Gasteiger partial charge < -0.3 is 9.42 Å². The third kappa shape index (κ3) is 3.53. The molecule has 3 aromatic heterocycles. The number of carbonyl (C=O) groups excluding carboxylic acids is 1. The smallest absolute Gasteiger partial charge is 0.227 e. The van der Waals surface area contributed by atoms with E-state index >= 15 is 0 Å². The Morgan fingerprint density at radius 2 is 2.23 bits per heavy atom. The summed E-state index contributed by atoms with van der Waals surface area (Å²) >= 11 is 1.63. The summed E-state index contributed by atoms with van der Waals surface area (Å²) < 4.78 is 5.41. The van der Waals surface area contributed by atoms with Gasteiger partial charge in [-0.2, -0.15) is 0 Å². The fourth-order valence-electron chi connectivity index (χ4n) is 3.42. The van der Waals surface area contributed by atoms with Crippen LogP contribution in [0.25, 0.3) is 11.3 Å². The lowest BCUT2D eigenvalue weighted by Crippen LogP contribution is -2.38. The monoisotopic (exact) mass is 368 g/mol. The van der Waals surface area contributed by atoms with E-state index in [2.05, 4.69) is 15.1 Å². The van der Waals surface area contributed by atoms with Crippen molar-refractivity contribution in [2.24, 2.45) is 0 Å². The molecule has 1 fully saturated rings. The van der Waals surface area contributed by atoms with Crippen molar-refractivity contribution in [2.75, 3.05) is 13.1 Å². The zero-order valence-corrected chi connectivity index (χ0v) is 15.4. The molecule has 134 valence electrons. The van der Waals surface area contributed by atoms with Gasteiger partial charge in [0.25, 0.3) is 0 Å². The Morgan fingerprint density at radius 3 is 2.92 bits per heavy atom. The molecule has 0 atom stereocenters. The van der Waals surface area contributed by atoms with Crippen molar-refractivity contribution in [3.8, 4) is 11.3 Å². The molecule has 6 nitrogen and oxygen atoms in total. The van der Waals surface area contributed by atoms with E-state index in [1.807, 2.05) is 35.4 Å². The summed E-state index contributed by atoms with van der Waals surface area (Å²) in [6.45, 7) is 3.41. The molecule has 0 spiro atoms. The summed E-state index contributed by atoms with van der Waals surface area (Å²) in [7, 11) is 0. The van der Waals surface area contributed by atoms with Gasteiger partial charge in [0, 0.05) is 36.1 Å². The van der Waals surface area contributed by atoms with Crippen LogP contribution in [0, 0.1) is 6.92 Å². The van der Waals surface area contributed by atoms with E-state index in [0.29, 0.717) is 18.1 Å². The maximum absolute atomic E-state index is 12.5. The first-order valence-electron chi connectivity index (χ1n) is 8.74. The minimum Gasteiger partial charge on any atom is -0.356 e. The van der Waals surface area contributed by atoms with Gasteiger partial charge in [0.1, 0.15) is 6.33 Å². The van der Waals surface area contributed by atoms with E-state index in [9.17, 15) is 4.79 Å². The first-order valence-corrected chi connectivity index (χ1v) is 9.62. The number of thiophene rings is 1. The van der Waals surface area contributed by atoms with Crippen LogP contribution in [0.1, 0.15) is 35.0 Å². The molecule has 26 heavy (non-hydrogen) atoms. The van der Waals surface area contributed by atoms with Crippen LogP contribution >= 0.6 is 11.3 Å². The van der Waals surface area contributed by atoms with E-state index in [-0.39, 0.29) is 5.91 Å². The average Bonchev–Trinajstić information content (AvgIpc) is 3.33. The second-order valence-electron chi connectivity index (χ2n) is 6.57. The number of aryl methyl sites for hydroxylation is 1. The van der Waals surface area contributed by atoms with Gasteiger partial charge in [-0.25, -0.2) is 9.97 Å². The van der Waals surface area contributed by atoms with Gasteiger partial charge >= 0.3 is 0 Å². The lowest BCUT2D eigenvalue weighted by molar-refractivity contribution is -0.131. The maximum atomic E-state index is 12.5. The van der Waals surface area contributed by atoms with Gasteiger partial charge in [0.05, 0.1) is 23.4 Å². The Morgan fingerprint density at radius 1 is 1.38 bits per heavy atom. The summed E-state index contributed by atoms with van der Waals surface area (Å²) in [5, 5.41) is 5.98. The third-order valence-electron chi connectivity index (χ3n) is 4.78. The van der Waals surface area contributed by atoms with Gasteiger partial charge in [-0.1, -0.05) is 11.2 Å². The zero-order valence-electron chi connectivity index (χ0n) is 14.6. The van der Waals surface area contributed by atoms with Gasteiger partial charge in [-0.15, -0.1) is 11.3 Å². The summed E-state index contributed by atoms with van der Waals surface area (Å²) in [4.78, 5) is 24.2. The minimum absolute atomic E-state index is 0.208. The number of hydrogen-bond donors (Lipinski definition) is 0. The normalized spacial score (nSPS) is 15.3. The summed E-state index contributed by atoms with van der Waals surface area (Å²) in [6.07, 6.45) is 5.66. The van der Waals surface area contributed by atoms with Crippen LogP contribution in [0.3, 0.4) is 0 Å². The number of amides is 1. The fourth-order valence-corrected chi connectivity index (χ4v) is 4.12. The molecular formula is C19H20N4O2S. The molecule has 0 bridgehead atoms. The molecule has 1 aliphatic heterocycles. The fraction of sp³-hybridized carbons (Fsp3) is 0.368. The first-order chi connectivity index (χ1) is 12.7. The van der Waals surface area contributed by atoms with Crippen molar-refractivity contribution < 1.29 is 9.32 Å². The first kappa shape index (κ1) is 16.9. The highest BCUT2D eigenvalue weighted by Gasteiger charge is 2.27. The van der Waals surface area contributed by atoms with Crippen molar-refractivity contribution in [1.82, 2.24) is 20.0 Å². The Balaban J connectivity index is 1.44. The molecule has 7 heteroatoms. The van der Waals surface area contributed by atoms with Crippen molar-refractivity contribution in [1.29, 1.82) is 0 Å². The SMILES string of the molecule is Cc1cc(-c2cncnc2C2CCN(C(=O)Cc3cccs3)CC2)on1. The lowest BCUT2D eigenvalue weighted by Gasteiger charge is -2.32. The number of hydrogen-bond acceptors (Lipinski definition) is 6. The van der Waals surface area contributed by atoms with Crippen molar-refractivity contribution in [2.45, 2.75) is 32.1 Å². The van der Waals surface area contributed by atoms with Crippen molar-refractivity contribution in [3.05, 3.63) is 52.4 Å². The van der Waals surface area contributed by atoms with Crippen LogP contribution in [-0.2, 0) is 11.2 Å². The Labute approximate surface area is 155 Å². The molecule has 0 N–H and O–H groups in total. The second-order valence-corrected chi connectivity index (χ2v) is 7.60. The number of piperidine rings is 1. The Hall–Kier alpha value is -2.54. The topological polar surface area (TPSA) is 72.1 Å². The number of nitrogens with zero attached hydrogens (tertiary/aromatic N) is 4. The molecular weight excluding hydrogens is 348 g/mol. The average molecular weight is 368 g/mol. The van der Waals surface area contributed by atoms with Crippen LogP contribution in [0.15, 0.2) is 40.6 Å². The molecule has 0 radical (unpaired) electrons. The van der Waals surface area contributed by atoms with Crippen LogP contribution in [0.5, 0.6) is 0 Å². The Bertz CT molecular complexity index is 883. The van der Waals surface area contributed by atoms with Crippen LogP contribution in [-0.4, -0.2) is 39.0 Å². The molecule has 0 aromatic carbocycles. The molecule has 4 rings (SSSR count). The minimum atomic E-state index is 0.208. The second kappa shape index (κ2) is 7.37. The maximum Gasteiger partial charge on any atom is 0.227 e. The highest BCUT2D eigenvalue weighted by molar-refractivity contribution is 7.10. The highest BCUT2D eigenvalue weighted by atomic mass is 32.1. The molecule has 0 unspecified atom stereocenters. The largest absolute Gasteiger partial charge is 0.356 e. The van der Waals surface area contributed by atoms with E-state index in [1.165, 1.54) is 0 Å². The van der Waals surface area contributed by atoms with Crippen LogP contribution < -0.4 is 0 Å². The van der Waals surface area contributed by atoms with E-state index in [4.69, 9.17) is 4.52 Å². The summed E-state index contributed by atoms with van der Waals surface area (Å²) in [5.41, 5.74) is 2.72. The molecule has 4 heterocycles. The van der Waals surface area contributed by atoms with E-state index in [0.717, 1.165) is 47.8 Å². The number of carbonyl (C=O) groups is 1. The number of likely N-dealkylation sites (tertiary alicyclic amines) is 1. The predicted octanol–water partition coefficient (Wildman–Crippen LogP) is 3.45. The molecule has 0 aliphatic carbocycles. The van der Waals surface area contributed by atoms with Crippen molar-refractivity contribution >= 4 is 17.2 Å². The molecule has 0 saturated carbocycles. The lowest BCUT2D eigenvalue weighted by atomic mass is 9.90. The summed E-state index contributed by atoms with van der Waals surface area (Å²) in [5.74, 6) is 1.21. The third-order valence-corrected chi connectivity index (χ3v) is 5.65. The number of aromatic nitrogens is 3. The molecule has 1 amide bonds. The molecule has 3 aromatic rings. The standard InChI is InChI=1S/C19H20N4O2S/c1-13-9-17(25-22-13)16-11-20-12-21-19(16)14-4-6-23(7-5-14)18(24)10-15-3-2-8-26-15/h2-3,8-9,11-12,14H,4-7,10H2,1H3.